The van der Waals surface area contributed by atoms with E-state index >= 15 is 0 Å². The lowest BCUT2D eigenvalue weighted by Gasteiger charge is -2.10. The van der Waals surface area contributed by atoms with Gasteiger partial charge in [0.05, 0.1) is 13.7 Å². The van der Waals surface area contributed by atoms with Gasteiger partial charge in [-0.3, -0.25) is 4.79 Å². The lowest BCUT2D eigenvalue weighted by molar-refractivity contribution is -0.140. The third kappa shape index (κ3) is 7.09. The van der Waals surface area contributed by atoms with Gasteiger partial charge in [-0.1, -0.05) is 19.9 Å². The first-order chi connectivity index (χ1) is 10.0. The second-order valence-electron chi connectivity index (χ2n) is 5.32. The first-order valence-electron chi connectivity index (χ1n) is 7.21. The van der Waals surface area contributed by atoms with Crippen LogP contribution < -0.4 is 10.1 Å². The van der Waals surface area contributed by atoms with Crippen LogP contribution in [0, 0.1) is 11.7 Å². The highest BCUT2D eigenvalue weighted by Crippen LogP contribution is 2.18. The number of esters is 1. The van der Waals surface area contributed by atoms with Crippen LogP contribution >= 0.6 is 0 Å². The Labute approximate surface area is 125 Å². The van der Waals surface area contributed by atoms with Crippen molar-refractivity contribution < 1.29 is 18.7 Å². The molecule has 0 saturated carbocycles. The summed E-state index contributed by atoms with van der Waals surface area (Å²) in [7, 11) is 1.34. The fraction of sp³-hybridized carbons (Fsp3) is 0.562. The minimum absolute atomic E-state index is 0.215. The summed E-state index contributed by atoms with van der Waals surface area (Å²) in [5.41, 5.74) is 0.884. The summed E-state index contributed by atoms with van der Waals surface area (Å²) in [5.74, 6) is 0.113. The molecule has 118 valence electrons. The zero-order chi connectivity index (χ0) is 15.7. The highest BCUT2D eigenvalue weighted by Gasteiger charge is 2.06. The van der Waals surface area contributed by atoms with Gasteiger partial charge in [0, 0.05) is 13.0 Å². The van der Waals surface area contributed by atoms with Crippen molar-refractivity contribution in [2.45, 2.75) is 33.2 Å². The van der Waals surface area contributed by atoms with Gasteiger partial charge in [-0.15, -0.1) is 0 Å². The van der Waals surface area contributed by atoms with Crippen molar-refractivity contribution in [2.24, 2.45) is 5.92 Å². The van der Waals surface area contributed by atoms with Crippen molar-refractivity contribution in [2.75, 3.05) is 20.3 Å². The molecule has 0 amide bonds. The van der Waals surface area contributed by atoms with Gasteiger partial charge in [0.1, 0.15) is 0 Å². The molecule has 0 aliphatic heterocycles. The van der Waals surface area contributed by atoms with E-state index in [9.17, 15) is 9.18 Å². The number of ether oxygens (including phenoxy) is 2. The zero-order valence-corrected chi connectivity index (χ0v) is 12.9. The van der Waals surface area contributed by atoms with Crippen molar-refractivity contribution in [3.05, 3.63) is 29.6 Å². The summed E-state index contributed by atoms with van der Waals surface area (Å²) in [6.45, 7) is 6.07. The molecular formula is C16H24FNO3. The van der Waals surface area contributed by atoms with Crippen LogP contribution in [0.3, 0.4) is 0 Å². The number of rotatable bonds is 9. The Balaban J connectivity index is 2.37. The molecule has 0 saturated heterocycles. The van der Waals surface area contributed by atoms with Crippen LogP contribution in [-0.4, -0.2) is 26.2 Å². The second-order valence-corrected chi connectivity index (χ2v) is 5.32. The molecule has 1 N–H and O–H groups in total. The van der Waals surface area contributed by atoms with E-state index < -0.39 is 0 Å². The molecule has 4 nitrogen and oxygen atoms in total. The van der Waals surface area contributed by atoms with Gasteiger partial charge in [-0.2, -0.15) is 0 Å². The van der Waals surface area contributed by atoms with Gasteiger partial charge in [0.25, 0.3) is 0 Å². The van der Waals surface area contributed by atoms with E-state index in [1.807, 2.05) is 6.07 Å². The van der Waals surface area contributed by atoms with E-state index in [1.54, 1.807) is 6.07 Å². The zero-order valence-electron chi connectivity index (χ0n) is 12.9. The van der Waals surface area contributed by atoms with Crippen molar-refractivity contribution in [1.29, 1.82) is 0 Å². The lowest BCUT2D eigenvalue weighted by Crippen LogP contribution is -2.19. The summed E-state index contributed by atoms with van der Waals surface area (Å²) in [6, 6.07) is 4.94. The maximum absolute atomic E-state index is 13.8. The van der Waals surface area contributed by atoms with E-state index in [1.165, 1.54) is 13.2 Å². The molecule has 0 radical (unpaired) electrons. The second kappa shape index (κ2) is 9.34. The smallest absolute Gasteiger partial charge is 0.305 e. The number of nitrogens with one attached hydrogen (secondary N) is 1. The van der Waals surface area contributed by atoms with E-state index in [-0.39, 0.29) is 30.6 Å². The summed E-state index contributed by atoms with van der Waals surface area (Å²) in [4.78, 5) is 10.9. The Hall–Kier alpha value is -1.62. The SMILES string of the molecule is COC(=O)CCCOc1ccc(CNCC(C)C)cc1F. The van der Waals surface area contributed by atoms with E-state index in [4.69, 9.17) is 4.74 Å². The monoisotopic (exact) mass is 297 g/mol. The number of hydrogen-bond acceptors (Lipinski definition) is 4. The first-order valence-corrected chi connectivity index (χ1v) is 7.21. The molecule has 0 spiro atoms. The van der Waals surface area contributed by atoms with Crippen molar-refractivity contribution >= 4 is 5.97 Å². The molecule has 0 bridgehead atoms. The largest absolute Gasteiger partial charge is 0.491 e. The third-order valence-corrected chi connectivity index (χ3v) is 2.89. The van der Waals surface area contributed by atoms with Gasteiger partial charge in [-0.25, -0.2) is 4.39 Å². The first kappa shape index (κ1) is 17.4. The highest BCUT2D eigenvalue weighted by atomic mass is 19.1. The molecule has 0 heterocycles. The van der Waals surface area contributed by atoms with Gasteiger partial charge in [0.2, 0.25) is 0 Å². The van der Waals surface area contributed by atoms with Crippen molar-refractivity contribution in [3.63, 3.8) is 0 Å². The number of benzene rings is 1. The average molecular weight is 297 g/mol. The quantitative estimate of drug-likeness (QED) is 0.562. The van der Waals surface area contributed by atoms with Crippen LogP contribution in [0.15, 0.2) is 18.2 Å². The van der Waals surface area contributed by atoms with Crippen LogP contribution in [0.4, 0.5) is 4.39 Å². The predicted molar refractivity (Wildman–Crippen MR) is 79.7 cm³/mol. The Morgan fingerprint density at radius 3 is 2.76 bits per heavy atom. The summed E-state index contributed by atoms with van der Waals surface area (Å²) in [6.07, 6.45) is 0.777. The van der Waals surface area contributed by atoms with Crippen LogP contribution in [0.25, 0.3) is 0 Å². The van der Waals surface area contributed by atoms with Crippen molar-refractivity contribution in [1.82, 2.24) is 5.32 Å². The summed E-state index contributed by atoms with van der Waals surface area (Å²) in [5, 5.41) is 3.26. The molecule has 21 heavy (non-hydrogen) atoms. The standard InChI is InChI=1S/C16H24FNO3/c1-12(2)10-18-11-13-6-7-15(14(17)9-13)21-8-4-5-16(19)20-3/h6-7,9,12,18H,4-5,8,10-11H2,1-3H3. The van der Waals surface area contributed by atoms with Gasteiger partial charge in [0.15, 0.2) is 11.6 Å². The maximum atomic E-state index is 13.8. The molecule has 1 aromatic rings. The number of methoxy groups -OCH3 is 1. The molecule has 1 aromatic carbocycles. The van der Waals surface area contributed by atoms with Crippen LogP contribution in [0.5, 0.6) is 5.75 Å². The van der Waals surface area contributed by atoms with Crippen LogP contribution in [0.1, 0.15) is 32.3 Å². The topological polar surface area (TPSA) is 47.6 Å². The molecule has 0 atom stereocenters. The number of carbonyl (C=O) groups is 1. The van der Waals surface area contributed by atoms with Crippen molar-refractivity contribution in [3.8, 4) is 5.75 Å². The average Bonchev–Trinajstić information content (AvgIpc) is 2.44. The fourth-order valence-electron chi connectivity index (χ4n) is 1.78. The normalized spacial score (nSPS) is 10.7. The minimum Gasteiger partial charge on any atom is -0.491 e. The highest BCUT2D eigenvalue weighted by molar-refractivity contribution is 5.69. The molecular weight excluding hydrogens is 273 g/mol. The molecule has 0 fully saturated rings. The Morgan fingerprint density at radius 1 is 1.38 bits per heavy atom. The van der Waals surface area contributed by atoms with E-state index in [0.29, 0.717) is 18.9 Å². The predicted octanol–water partition coefficient (Wildman–Crippen LogP) is 2.90. The summed E-state index contributed by atoms with van der Waals surface area (Å²) >= 11 is 0. The Bertz CT molecular complexity index is 449. The number of halogens is 1. The van der Waals surface area contributed by atoms with E-state index in [0.717, 1.165) is 12.1 Å². The molecule has 1 rings (SSSR count). The Kier molecular flexibility index (Phi) is 7.75. The molecule has 0 aliphatic rings. The van der Waals surface area contributed by atoms with Gasteiger partial charge in [-0.05, 0) is 36.6 Å². The van der Waals surface area contributed by atoms with Crippen LogP contribution in [0.2, 0.25) is 0 Å². The molecule has 5 heteroatoms. The third-order valence-electron chi connectivity index (χ3n) is 2.89. The fourth-order valence-corrected chi connectivity index (χ4v) is 1.78. The molecule has 0 aromatic heterocycles. The lowest BCUT2D eigenvalue weighted by atomic mass is 10.2. The number of carbonyl (C=O) groups excluding carboxylic acids is 1. The molecule has 0 unspecified atom stereocenters. The van der Waals surface area contributed by atoms with Gasteiger partial charge >= 0.3 is 5.97 Å². The number of hydrogen-bond donors (Lipinski definition) is 1. The maximum Gasteiger partial charge on any atom is 0.305 e. The van der Waals surface area contributed by atoms with Gasteiger partial charge < -0.3 is 14.8 Å². The summed E-state index contributed by atoms with van der Waals surface area (Å²) < 4.78 is 23.7. The Morgan fingerprint density at radius 2 is 2.14 bits per heavy atom. The van der Waals surface area contributed by atoms with E-state index in [2.05, 4.69) is 23.9 Å². The molecule has 0 aliphatic carbocycles. The minimum atomic E-state index is -0.378. The van der Waals surface area contributed by atoms with Crippen LogP contribution in [-0.2, 0) is 16.1 Å².